The van der Waals surface area contributed by atoms with Crippen molar-refractivity contribution in [1.82, 2.24) is 14.2 Å². The number of hydrogen-bond acceptors (Lipinski definition) is 7. The quantitative estimate of drug-likeness (QED) is 0.564. The van der Waals surface area contributed by atoms with Crippen LogP contribution in [0.15, 0.2) is 29.2 Å². The number of aryl methyl sites for hydroxylation is 3. The van der Waals surface area contributed by atoms with Crippen molar-refractivity contribution in [3.8, 4) is 11.5 Å². The monoisotopic (exact) mass is 487 g/mol. The van der Waals surface area contributed by atoms with E-state index in [2.05, 4.69) is 4.98 Å². The molecule has 0 bridgehead atoms. The second-order valence-electron chi connectivity index (χ2n) is 8.32. The lowest BCUT2D eigenvalue weighted by molar-refractivity contribution is 0.0702. The van der Waals surface area contributed by atoms with Gasteiger partial charge in [-0.25, -0.2) is 13.4 Å². The minimum absolute atomic E-state index is 0.0658. The number of aromatic nitrogens is 1. The zero-order valence-electron chi connectivity index (χ0n) is 18.8. The molecule has 0 N–H and O–H groups in total. The molecule has 174 valence electrons. The Kier molecular flexibility index (Phi) is 5.54. The number of ether oxygens (including phenoxy) is 2. The van der Waals surface area contributed by atoms with Crippen LogP contribution in [0.1, 0.15) is 26.5 Å². The van der Waals surface area contributed by atoms with E-state index in [0.29, 0.717) is 42.7 Å². The number of fused-ring (bicyclic) bond motifs is 2. The highest BCUT2D eigenvalue weighted by Gasteiger charge is 2.32. The molecule has 2 aliphatic heterocycles. The van der Waals surface area contributed by atoms with Gasteiger partial charge in [0.1, 0.15) is 18.0 Å². The molecule has 0 saturated carbocycles. The Balaban J connectivity index is 1.33. The fourth-order valence-corrected chi connectivity index (χ4v) is 7.14. The number of amides is 1. The summed E-state index contributed by atoms with van der Waals surface area (Å²) in [6.45, 7) is 7.93. The number of sulfonamides is 1. The summed E-state index contributed by atoms with van der Waals surface area (Å²) in [5.74, 6) is 0.925. The molecular weight excluding hydrogens is 462 g/mol. The highest BCUT2D eigenvalue weighted by atomic mass is 32.2. The largest absolute Gasteiger partial charge is 0.486 e. The van der Waals surface area contributed by atoms with Crippen LogP contribution in [0.5, 0.6) is 11.5 Å². The predicted molar refractivity (Wildman–Crippen MR) is 126 cm³/mol. The van der Waals surface area contributed by atoms with E-state index >= 15 is 0 Å². The molecule has 0 aliphatic carbocycles. The van der Waals surface area contributed by atoms with Gasteiger partial charge in [0.2, 0.25) is 10.0 Å². The number of thiophene rings is 1. The first-order valence-electron chi connectivity index (χ1n) is 10.8. The summed E-state index contributed by atoms with van der Waals surface area (Å²) in [5.41, 5.74) is 2.98. The minimum atomic E-state index is -3.70. The number of carbonyl (C=O) groups is 1. The molecule has 3 aromatic rings. The topological polar surface area (TPSA) is 89.0 Å². The molecule has 1 amide bonds. The van der Waals surface area contributed by atoms with Crippen LogP contribution in [-0.4, -0.2) is 67.9 Å². The lowest BCUT2D eigenvalue weighted by atomic mass is 10.1. The fraction of sp³-hybridized carbons (Fsp3) is 0.391. The zero-order valence-corrected chi connectivity index (χ0v) is 20.4. The third-order valence-corrected chi connectivity index (χ3v) is 9.17. The molecule has 0 radical (unpaired) electrons. The maximum atomic E-state index is 13.3. The molecule has 0 spiro atoms. The molecule has 8 nitrogen and oxygen atoms in total. The molecule has 33 heavy (non-hydrogen) atoms. The third kappa shape index (κ3) is 3.85. The summed E-state index contributed by atoms with van der Waals surface area (Å²) in [5, 5.41) is 1.04. The molecule has 0 atom stereocenters. The highest BCUT2D eigenvalue weighted by Crippen LogP contribution is 2.35. The van der Waals surface area contributed by atoms with E-state index in [1.165, 1.54) is 27.8 Å². The predicted octanol–water partition coefficient (Wildman–Crippen LogP) is 3.14. The van der Waals surface area contributed by atoms with Crippen molar-refractivity contribution in [3.05, 3.63) is 46.0 Å². The van der Waals surface area contributed by atoms with Gasteiger partial charge in [-0.2, -0.15) is 4.31 Å². The number of benzene rings is 1. The van der Waals surface area contributed by atoms with Crippen LogP contribution < -0.4 is 9.47 Å². The van der Waals surface area contributed by atoms with Crippen molar-refractivity contribution < 1.29 is 22.7 Å². The lowest BCUT2D eigenvalue weighted by Gasteiger charge is -2.34. The fourth-order valence-electron chi connectivity index (χ4n) is 4.43. The van der Waals surface area contributed by atoms with E-state index in [-0.39, 0.29) is 23.9 Å². The van der Waals surface area contributed by atoms with Gasteiger partial charge in [0, 0.05) is 43.3 Å². The summed E-state index contributed by atoms with van der Waals surface area (Å²) in [6.07, 6.45) is 0. The molecule has 0 unspecified atom stereocenters. The molecular formula is C23H25N3O5S2. The molecule has 2 aliphatic rings. The Morgan fingerprint density at radius 2 is 1.70 bits per heavy atom. The van der Waals surface area contributed by atoms with Gasteiger partial charge in [0.05, 0.1) is 9.77 Å². The molecule has 1 aromatic carbocycles. The summed E-state index contributed by atoms with van der Waals surface area (Å²) in [7, 11) is -3.70. The second-order valence-corrected chi connectivity index (χ2v) is 11.3. The summed E-state index contributed by atoms with van der Waals surface area (Å²) >= 11 is 1.41. The second kappa shape index (κ2) is 8.27. The zero-order chi connectivity index (χ0) is 23.3. The van der Waals surface area contributed by atoms with Crippen molar-refractivity contribution >= 4 is 37.5 Å². The Labute approximate surface area is 196 Å². The van der Waals surface area contributed by atoms with Crippen molar-refractivity contribution in [1.29, 1.82) is 0 Å². The Morgan fingerprint density at radius 1 is 1.00 bits per heavy atom. The van der Waals surface area contributed by atoms with Gasteiger partial charge < -0.3 is 14.4 Å². The van der Waals surface area contributed by atoms with Crippen molar-refractivity contribution in [2.45, 2.75) is 25.7 Å². The summed E-state index contributed by atoms with van der Waals surface area (Å²) in [6, 6.07) is 6.71. The number of piperazine rings is 1. The number of hydrogen-bond donors (Lipinski definition) is 0. The van der Waals surface area contributed by atoms with E-state index in [4.69, 9.17) is 9.47 Å². The van der Waals surface area contributed by atoms with Gasteiger partial charge in [-0.1, -0.05) is 0 Å². The van der Waals surface area contributed by atoms with E-state index < -0.39 is 10.0 Å². The molecule has 5 rings (SSSR count). The average Bonchev–Trinajstić information content (AvgIpc) is 3.14. The first-order valence-corrected chi connectivity index (χ1v) is 13.1. The van der Waals surface area contributed by atoms with E-state index in [1.54, 1.807) is 11.0 Å². The van der Waals surface area contributed by atoms with E-state index in [1.807, 2.05) is 26.8 Å². The van der Waals surface area contributed by atoms with Crippen LogP contribution in [0.25, 0.3) is 10.2 Å². The van der Waals surface area contributed by atoms with Gasteiger partial charge in [-0.3, -0.25) is 4.79 Å². The molecule has 10 heteroatoms. The minimum Gasteiger partial charge on any atom is -0.486 e. The molecule has 1 saturated heterocycles. The van der Waals surface area contributed by atoms with Crippen LogP contribution >= 0.6 is 11.3 Å². The van der Waals surface area contributed by atoms with Gasteiger partial charge in [0.25, 0.3) is 5.91 Å². The Hall–Kier alpha value is -2.69. The third-order valence-electron chi connectivity index (χ3n) is 6.10. The highest BCUT2D eigenvalue weighted by molar-refractivity contribution is 7.89. The summed E-state index contributed by atoms with van der Waals surface area (Å²) in [4.78, 5) is 21.3. The van der Waals surface area contributed by atoms with Crippen LogP contribution in [-0.2, 0) is 10.0 Å². The van der Waals surface area contributed by atoms with Crippen molar-refractivity contribution in [2.75, 3.05) is 39.4 Å². The molecule has 2 aromatic heterocycles. The summed E-state index contributed by atoms with van der Waals surface area (Å²) < 4.78 is 38.8. The number of nitrogens with zero attached hydrogens (tertiary/aromatic N) is 3. The lowest BCUT2D eigenvalue weighted by Crippen LogP contribution is -2.50. The maximum absolute atomic E-state index is 13.3. The smallest absolute Gasteiger partial charge is 0.264 e. The van der Waals surface area contributed by atoms with Gasteiger partial charge in [-0.15, -0.1) is 11.3 Å². The van der Waals surface area contributed by atoms with Crippen molar-refractivity contribution in [3.63, 3.8) is 0 Å². The average molecular weight is 488 g/mol. The van der Waals surface area contributed by atoms with Crippen LogP contribution in [0.2, 0.25) is 0 Å². The number of rotatable bonds is 3. The standard InChI is InChI=1S/C23H25N3O5S2/c1-14-12-15(2)24-22-20(14)16(3)21(32-22)23(27)25-6-8-26(9-7-25)33(28,29)17-4-5-18-19(13-17)31-11-10-30-18/h4-5,12-13H,6-11H2,1-3H3. The number of carbonyl (C=O) groups excluding carboxylic acids is 1. The van der Waals surface area contributed by atoms with Crippen LogP contribution in [0.4, 0.5) is 0 Å². The molecule has 1 fully saturated rings. The normalized spacial score (nSPS) is 16.9. The molecule has 4 heterocycles. The van der Waals surface area contributed by atoms with Gasteiger partial charge in [-0.05, 0) is 50.1 Å². The maximum Gasteiger partial charge on any atom is 0.264 e. The Bertz CT molecular complexity index is 1360. The van der Waals surface area contributed by atoms with Crippen LogP contribution in [0.3, 0.4) is 0 Å². The number of pyridine rings is 1. The first kappa shape index (κ1) is 22.1. The van der Waals surface area contributed by atoms with Crippen LogP contribution in [0, 0.1) is 20.8 Å². The SMILES string of the molecule is Cc1cc(C)c2c(C)c(C(=O)N3CCN(S(=O)(=O)c4ccc5c(c4)OCCO5)CC3)sc2n1. The van der Waals surface area contributed by atoms with E-state index in [0.717, 1.165) is 27.0 Å². The first-order chi connectivity index (χ1) is 15.8. The van der Waals surface area contributed by atoms with E-state index in [9.17, 15) is 13.2 Å². The van der Waals surface area contributed by atoms with Gasteiger partial charge >= 0.3 is 0 Å². The Morgan fingerprint density at radius 3 is 2.42 bits per heavy atom. The van der Waals surface area contributed by atoms with Gasteiger partial charge in [0.15, 0.2) is 11.5 Å². The van der Waals surface area contributed by atoms with Crippen molar-refractivity contribution in [2.24, 2.45) is 0 Å².